The topological polar surface area (TPSA) is 46.6 Å². The van der Waals surface area contributed by atoms with Gasteiger partial charge in [-0.3, -0.25) is 4.79 Å². The number of Topliss-reactive ketones (excluding diaryl/α,β-unsaturated/α-hetero) is 1. The fourth-order valence-corrected chi connectivity index (χ4v) is 3.84. The second-order valence-electron chi connectivity index (χ2n) is 6.93. The van der Waals surface area contributed by atoms with Gasteiger partial charge in [-0.25, -0.2) is 0 Å². The minimum Gasteiger partial charge on any atom is -0.484 e. The summed E-state index contributed by atoms with van der Waals surface area (Å²) in [5.74, 6) is 0.873. The molecule has 27 heavy (non-hydrogen) atoms. The van der Waals surface area contributed by atoms with Crippen LogP contribution in [0.25, 0.3) is 0 Å². The molecule has 3 rings (SSSR count). The number of amides is 1. The molecule has 1 fully saturated rings. The molecule has 2 aromatic rings. The summed E-state index contributed by atoms with van der Waals surface area (Å²) < 4.78 is 6.73. The maximum atomic E-state index is 12.7. The number of halogens is 1. The van der Waals surface area contributed by atoms with Crippen LogP contribution >= 0.6 is 15.9 Å². The van der Waals surface area contributed by atoms with Crippen molar-refractivity contribution in [3.63, 3.8) is 0 Å². The Morgan fingerprint density at radius 2 is 1.96 bits per heavy atom. The van der Waals surface area contributed by atoms with E-state index in [2.05, 4.69) is 28.1 Å². The quantitative estimate of drug-likeness (QED) is 0.639. The predicted molar refractivity (Wildman–Crippen MR) is 109 cm³/mol. The number of carbonyl (C=O) groups is 2. The van der Waals surface area contributed by atoms with Gasteiger partial charge in [0.1, 0.15) is 11.5 Å². The van der Waals surface area contributed by atoms with E-state index in [-0.39, 0.29) is 24.3 Å². The molecule has 0 saturated carbocycles. The first-order chi connectivity index (χ1) is 13.0. The van der Waals surface area contributed by atoms with Crippen molar-refractivity contribution in [3.05, 3.63) is 64.1 Å². The van der Waals surface area contributed by atoms with E-state index in [1.807, 2.05) is 41.3 Å². The van der Waals surface area contributed by atoms with Gasteiger partial charge in [-0.15, -0.1) is 0 Å². The first-order valence-corrected chi connectivity index (χ1v) is 10.1. The van der Waals surface area contributed by atoms with Crippen LogP contribution in [0.15, 0.2) is 53.0 Å². The molecule has 1 saturated heterocycles. The van der Waals surface area contributed by atoms with Crippen LogP contribution in [0.2, 0.25) is 0 Å². The zero-order valence-corrected chi connectivity index (χ0v) is 17.1. The van der Waals surface area contributed by atoms with Crippen LogP contribution < -0.4 is 4.74 Å². The first kappa shape index (κ1) is 19.6. The van der Waals surface area contributed by atoms with E-state index >= 15 is 0 Å². The van der Waals surface area contributed by atoms with Gasteiger partial charge in [0, 0.05) is 17.4 Å². The molecule has 0 aromatic heterocycles. The van der Waals surface area contributed by atoms with Gasteiger partial charge in [0.05, 0.1) is 6.04 Å². The fourth-order valence-electron chi connectivity index (χ4n) is 3.43. The summed E-state index contributed by atoms with van der Waals surface area (Å²) in [5.41, 5.74) is 2.25. The number of aryl methyl sites for hydroxylation is 1. The Labute approximate surface area is 168 Å². The maximum absolute atomic E-state index is 12.7. The first-order valence-electron chi connectivity index (χ1n) is 9.29. The SMILES string of the molecule is CC(=O)CCc1ccc(OCC(=O)N2CCCC2c2cccc(Br)c2)cc1. The van der Waals surface area contributed by atoms with E-state index < -0.39 is 0 Å². The third-order valence-corrected chi connectivity index (χ3v) is 5.35. The summed E-state index contributed by atoms with van der Waals surface area (Å²) in [4.78, 5) is 25.7. The molecule has 0 aliphatic carbocycles. The van der Waals surface area contributed by atoms with E-state index in [0.29, 0.717) is 12.2 Å². The Bertz CT molecular complexity index is 803. The number of benzene rings is 2. The summed E-state index contributed by atoms with van der Waals surface area (Å²) in [5, 5.41) is 0. The molecule has 2 aromatic carbocycles. The Morgan fingerprint density at radius 1 is 1.19 bits per heavy atom. The molecule has 1 amide bonds. The Kier molecular flexibility index (Phi) is 6.67. The number of ketones is 1. The fraction of sp³-hybridized carbons (Fsp3) is 0.364. The van der Waals surface area contributed by atoms with Crippen LogP contribution in [0, 0.1) is 0 Å². The molecule has 1 heterocycles. The predicted octanol–water partition coefficient (Wildman–Crippen LogP) is 4.71. The van der Waals surface area contributed by atoms with E-state index in [0.717, 1.165) is 41.4 Å². The van der Waals surface area contributed by atoms with Crippen LogP contribution in [0.4, 0.5) is 0 Å². The molecule has 1 atom stereocenters. The smallest absolute Gasteiger partial charge is 0.261 e. The molecular weight excluding hydrogens is 406 g/mol. The lowest BCUT2D eigenvalue weighted by Gasteiger charge is -2.25. The maximum Gasteiger partial charge on any atom is 0.261 e. The van der Waals surface area contributed by atoms with Gasteiger partial charge in [-0.05, 0) is 61.6 Å². The molecule has 5 heteroatoms. The minimum atomic E-state index is 0.0122. The number of carbonyl (C=O) groups excluding carboxylic acids is 2. The third kappa shape index (κ3) is 5.42. The van der Waals surface area contributed by atoms with Gasteiger partial charge < -0.3 is 14.4 Å². The molecule has 1 unspecified atom stereocenters. The zero-order valence-electron chi connectivity index (χ0n) is 15.5. The van der Waals surface area contributed by atoms with Gasteiger partial charge >= 0.3 is 0 Å². The number of ether oxygens (including phenoxy) is 1. The highest BCUT2D eigenvalue weighted by Crippen LogP contribution is 2.33. The Balaban J connectivity index is 1.56. The van der Waals surface area contributed by atoms with E-state index in [1.165, 1.54) is 0 Å². The molecule has 4 nitrogen and oxygen atoms in total. The zero-order chi connectivity index (χ0) is 19.2. The van der Waals surface area contributed by atoms with Crippen molar-refractivity contribution in [2.75, 3.05) is 13.2 Å². The monoisotopic (exact) mass is 429 g/mol. The average molecular weight is 430 g/mol. The number of rotatable bonds is 7. The standard InChI is InChI=1S/C22H24BrNO3/c1-16(25)7-8-17-9-11-20(12-10-17)27-15-22(26)24-13-3-6-21(24)18-4-2-5-19(23)14-18/h2,4-5,9-12,14,21H,3,6-8,13,15H2,1H3. The molecule has 0 spiro atoms. The van der Waals surface area contributed by atoms with Crippen molar-refractivity contribution in [2.45, 2.75) is 38.6 Å². The molecule has 1 aliphatic heterocycles. The van der Waals surface area contributed by atoms with Gasteiger partial charge in [0.15, 0.2) is 6.61 Å². The van der Waals surface area contributed by atoms with Crippen LogP contribution in [-0.2, 0) is 16.0 Å². The van der Waals surface area contributed by atoms with Gasteiger partial charge in [0.2, 0.25) is 0 Å². The summed E-state index contributed by atoms with van der Waals surface area (Å²) in [7, 11) is 0. The van der Waals surface area contributed by atoms with Crippen LogP contribution in [-0.4, -0.2) is 29.7 Å². The largest absolute Gasteiger partial charge is 0.484 e. The van der Waals surface area contributed by atoms with Crippen LogP contribution in [0.3, 0.4) is 0 Å². The number of likely N-dealkylation sites (tertiary alicyclic amines) is 1. The summed E-state index contributed by atoms with van der Waals surface area (Å²) >= 11 is 3.51. The van der Waals surface area contributed by atoms with Crippen molar-refractivity contribution in [1.29, 1.82) is 0 Å². The molecule has 0 N–H and O–H groups in total. The Hall–Kier alpha value is -2.14. The average Bonchev–Trinajstić information content (AvgIpc) is 3.15. The number of nitrogens with zero attached hydrogens (tertiary/aromatic N) is 1. The van der Waals surface area contributed by atoms with E-state index in [4.69, 9.17) is 4.74 Å². The van der Waals surface area contributed by atoms with E-state index in [9.17, 15) is 9.59 Å². The lowest BCUT2D eigenvalue weighted by molar-refractivity contribution is -0.134. The second kappa shape index (κ2) is 9.18. The third-order valence-electron chi connectivity index (χ3n) is 4.86. The van der Waals surface area contributed by atoms with Crippen LogP contribution in [0.5, 0.6) is 5.75 Å². The van der Waals surface area contributed by atoms with Crippen molar-refractivity contribution < 1.29 is 14.3 Å². The van der Waals surface area contributed by atoms with Crippen LogP contribution in [0.1, 0.15) is 43.4 Å². The molecule has 0 bridgehead atoms. The van der Waals surface area contributed by atoms with Gasteiger partial charge in [0.25, 0.3) is 5.91 Å². The van der Waals surface area contributed by atoms with Gasteiger partial charge in [-0.2, -0.15) is 0 Å². The highest BCUT2D eigenvalue weighted by Gasteiger charge is 2.30. The van der Waals surface area contributed by atoms with E-state index in [1.54, 1.807) is 6.92 Å². The van der Waals surface area contributed by atoms with Crippen molar-refractivity contribution in [2.24, 2.45) is 0 Å². The normalized spacial score (nSPS) is 16.4. The van der Waals surface area contributed by atoms with Crippen molar-refractivity contribution in [3.8, 4) is 5.75 Å². The van der Waals surface area contributed by atoms with Gasteiger partial charge in [-0.1, -0.05) is 40.2 Å². The molecule has 0 radical (unpaired) electrons. The lowest BCUT2D eigenvalue weighted by atomic mass is 10.0. The number of hydrogen-bond acceptors (Lipinski definition) is 3. The molecular formula is C22H24BrNO3. The number of hydrogen-bond donors (Lipinski definition) is 0. The summed E-state index contributed by atoms with van der Waals surface area (Å²) in [6.07, 6.45) is 3.27. The Morgan fingerprint density at radius 3 is 2.67 bits per heavy atom. The highest BCUT2D eigenvalue weighted by molar-refractivity contribution is 9.10. The second-order valence-corrected chi connectivity index (χ2v) is 7.85. The summed E-state index contributed by atoms with van der Waals surface area (Å²) in [6.45, 7) is 2.41. The minimum absolute atomic E-state index is 0.0122. The lowest BCUT2D eigenvalue weighted by Crippen LogP contribution is -2.34. The molecule has 1 aliphatic rings. The summed E-state index contributed by atoms with van der Waals surface area (Å²) in [6, 6.07) is 15.9. The highest BCUT2D eigenvalue weighted by atomic mass is 79.9. The van der Waals surface area contributed by atoms with Crippen molar-refractivity contribution in [1.82, 2.24) is 4.90 Å². The molecule has 142 valence electrons. The van der Waals surface area contributed by atoms with Crippen molar-refractivity contribution >= 4 is 27.6 Å².